The second-order valence-electron chi connectivity index (χ2n) is 5.11. The molecule has 2 aromatic rings. The van der Waals surface area contributed by atoms with Crippen molar-refractivity contribution >= 4 is 15.9 Å². The van der Waals surface area contributed by atoms with Crippen LogP contribution >= 0.6 is 15.9 Å². The standard InChI is InChI=1S/C15H20BrFN4/c1-3-10(2)21-8-7-11(20-21)9-14(19-18)12-5-4-6-13(17)15(12)16/h4-8,10,14,19H,3,9,18H2,1-2H3. The van der Waals surface area contributed by atoms with Crippen LogP contribution in [0.5, 0.6) is 0 Å². The van der Waals surface area contributed by atoms with Gasteiger partial charge in [-0.2, -0.15) is 5.10 Å². The molecule has 0 radical (unpaired) electrons. The summed E-state index contributed by atoms with van der Waals surface area (Å²) in [5, 5.41) is 4.56. The Bertz CT molecular complexity index is 599. The molecule has 114 valence electrons. The van der Waals surface area contributed by atoms with E-state index in [4.69, 9.17) is 5.84 Å². The molecular formula is C15H20BrFN4. The number of aromatic nitrogens is 2. The van der Waals surface area contributed by atoms with E-state index in [0.717, 1.165) is 17.7 Å². The number of nitrogens with one attached hydrogen (secondary N) is 1. The third kappa shape index (κ3) is 3.70. The van der Waals surface area contributed by atoms with E-state index >= 15 is 0 Å². The van der Waals surface area contributed by atoms with E-state index in [1.54, 1.807) is 6.07 Å². The Morgan fingerprint density at radius 2 is 2.19 bits per heavy atom. The van der Waals surface area contributed by atoms with Crippen LogP contribution in [-0.4, -0.2) is 9.78 Å². The highest BCUT2D eigenvalue weighted by Crippen LogP contribution is 2.27. The maximum absolute atomic E-state index is 13.6. The lowest BCUT2D eigenvalue weighted by Gasteiger charge is -2.17. The van der Waals surface area contributed by atoms with Gasteiger partial charge in [-0.3, -0.25) is 16.0 Å². The normalized spacial score (nSPS) is 14.1. The average Bonchev–Trinajstić information content (AvgIpc) is 2.95. The van der Waals surface area contributed by atoms with Gasteiger partial charge in [0.2, 0.25) is 0 Å². The number of halogens is 2. The van der Waals surface area contributed by atoms with E-state index in [1.807, 2.05) is 23.0 Å². The Balaban J connectivity index is 2.19. The minimum atomic E-state index is -0.294. The Morgan fingerprint density at radius 3 is 2.86 bits per heavy atom. The summed E-state index contributed by atoms with van der Waals surface area (Å²) in [4.78, 5) is 0. The fourth-order valence-corrected chi connectivity index (χ4v) is 2.72. The summed E-state index contributed by atoms with van der Waals surface area (Å²) in [6.07, 6.45) is 3.59. The van der Waals surface area contributed by atoms with Crippen molar-refractivity contribution < 1.29 is 4.39 Å². The van der Waals surface area contributed by atoms with E-state index in [-0.39, 0.29) is 11.9 Å². The molecule has 1 aromatic heterocycles. The van der Waals surface area contributed by atoms with Crippen LogP contribution in [-0.2, 0) is 6.42 Å². The van der Waals surface area contributed by atoms with Crippen molar-refractivity contribution in [3.05, 3.63) is 52.0 Å². The first kappa shape index (κ1) is 16.1. The van der Waals surface area contributed by atoms with Crippen LogP contribution in [0, 0.1) is 5.82 Å². The summed E-state index contributed by atoms with van der Waals surface area (Å²) in [5.74, 6) is 5.34. The summed E-state index contributed by atoms with van der Waals surface area (Å²) in [5.41, 5.74) is 4.45. The van der Waals surface area contributed by atoms with E-state index in [2.05, 4.69) is 40.3 Å². The molecule has 1 heterocycles. The van der Waals surface area contributed by atoms with Gasteiger partial charge in [0.15, 0.2) is 0 Å². The molecule has 0 saturated carbocycles. The van der Waals surface area contributed by atoms with Crippen LogP contribution in [0.1, 0.15) is 43.6 Å². The van der Waals surface area contributed by atoms with E-state index in [0.29, 0.717) is 16.9 Å². The molecule has 2 unspecified atom stereocenters. The lowest BCUT2D eigenvalue weighted by molar-refractivity contribution is 0.466. The molecule has 0 aliphatic rings. The molecule has 0 fully saturated rings. The Kier molecular flexibility index (Phi) is 5.50. The second kappa shape index (κ2) is 7.15. The van der Waals surface area contributed by atoms with Crippen molar-refractivity contribution in [3.63, 3.8) is 0 Å². The number of nitrogens with zero attached hydrogens (tertiary/aromatic N) is 2. The molecule has 0 bridgehead atoms. The molecule has 4 nitrogen and oxygen atoms in total. The molecule has 21 heavy (non-hydrogen) atoms. The quantitative estimate of drug-likeness (QED) is 0.616. The van der Waals surface area contributed by atoms with Crippen molar-refractivity contribution in [1.29, 1.82) is 0 Å². The third-order valence-electron chi connectivity index (χ3n) is 3.68. The number of benzene rings is 1. The first-order chi connectivity index (χ1) is 10.1. The summed E-state index contributed by atoms with van der Waals surface area (Å²) < 4.78 is 16.0. The summed E-state index contributed by atoms with van der Waals surface area (Å²) >= 11 is 3.28. The molecule has 3 N–H and O–H groups in total. The van der Waals surface area contributed by atoms with E-state index < -0.39 is 0 Å². The van der Waals surface area contributed by atoms with Gasteiger partial charge in [-0.05, 0) is 47.0 Å². The smallest absolute Gasteiger partial charge is 0.137 e. The van der Waals surface area contributed by atoms with E-state index in [9.17, 15) is 4.39 Å². The number of hydrogen-bond acceptors (Lipinski definition) is 3. The van der Waals surface area contributed by atoms with Crippen LogP contribution in [0.2, 0.25) is 0 Å². The van der Waals surface area contributed by atoms with Gasteiger partial charge in [0.25, 0.3) is 0 Å². The minimum absolute atomic E-state index is 0.199. The van der Waals surface area contributed by atoms with Gasteiger partial charge in [0.1, 0.15) is 5.82 Å². The van der Waals surface area contributed by atoms with Crippen LogP contribution in [0.4, 0.5) is 4.39 Å². The van der Waals surface area contributed by atoms with E-state index in [1.165, 1.54) is 6.07 Å². The molecule has 0 aliphatic carbocycles. The molecule has 2 atom stereocenters. The van der Waals surface area contributed by atoms with Gasteiger partial charge in [-0.15, -0.1) is 0 Å². The Labute approximate surface area is 132 Å². The van der Waals surface area contributed by atoms with Crippen molar-refractivity contribution in [2.75, 3.05) is 0 Å². The summed E-state index contributed by atoms with van der Waals surface area (Å²) in [6.45, 7) is 4.25. The maximum Gasteiger partial charge on any atom is 0.137 e. The Hall–Kier alpha value is -1.24. The van der Waals surface area contributed by atoms with Gasteiger partial charge < -0.3 is 0 Å². The lowest BCUT2D eigenvalue weighted by atomic mass is 10.0. The van der Waals surface area contributed by atoms with Gasteiger partial charge in [-0.1, -0.05) is 19.1 Å². The molecule has 1 aromatic carbocycles. The number of rotatable bonds is 6. The number of hydrazine groups is 1. The maximum atomic E-state index is 13.6. The molecule has 2 rings (SSSR count). The predicted octanol–water partition coefficient (Wildman–Crippen LogP) is 3.50. The van der Waals surface area contributed by atoms with Crippen LogP contribution in [0.3, 0.4) is 0 Å². The zero-order valence-corrected chi connectivity index (χ0v) is 13.8. The van der Waals surface area contributed by atoms with Crippen molar-refractivity contribution in [2.45, 2.75) is 38.8 Å². The van der Waals surface area contributed by atoms with Gasteiger partial charge >= 0.3 is 0 Å². The van der Waals surface area contributed by atoms with Crippen LogP contribution < -0.4 is 11.3 Å². The van der Waals surface area contributed by atoms with Crippen molar-refractivity contribution in [3.8, 4) is 0 Å². The topological polar surface area (TPSA) is 55.9 Å². The molecule has 6 heteroatoms. The highest BCUT2D eigenvalue weighted by Gasteiger charge is 2.17. The monoisotopic (exact) mass is 354 g/mol. The molecule has 0 spiro atoms. The third-order valence-corrected chi connectivity index (χ3v) is 4.51. The predicted molar refractivity (Wildman–Crippen MR) is 85.1 cm³/mol. The zero-order chi connectivity index (χ0) is 15.4. The fraction of sp³-hybridized carbons (Fsp3) is 0.400. The SMILES string of the molecule is CCC(C)n1ccc(CC(NN)c2cccc(F)c2Br)n1. The number of nitrogens with two attached hydrogens (primary N) is 1. The first-order valence-corrected chi connectivity index (χ1v) is 7.80. The summed E-state index contributed by atoms with van der Waals surface area (Å²) in [7, 11) is 0. The second-order valence-corrected chi connectivity index (χ2v) is 5.90. The van der Waals surface area contributed by atoms with Gasteiger partial charge in [0, 0.05) is 18.7 Å². The van der Waals surface area contributed by atoms with Crippen molar-refractivity contribution in [1.82, 2.24) is 15.2 Å². The average molecular weight is 355 g/mol. The fourth-order valence-electron chi connectivity index (χ4n) is 2.18. The largest absolute Gasteiger partial charge is 0.271 e. The molecule has 0 amide bonds. The van der Waals surface area contributed by atoms with Crippen LogP contribution in [0.15, 0.2) is 34.9 Å². The molecule has 0 aliphatic heterocycles. The Morgan fingerprint density at radius 1 is 1.43 bits per heavy atom. The summed E-state index contributed by atoms with van der Waals surface area (Å²) in [6, 6.07) is 7.09. The lowest BCUT2D eigenvalue weighted by Crippen LogP contribution is -2.30. The van der Waals surface area contributed by atoms with Gasteiger partial charge in [0.05, 0.1) is 16.2 Å². The first-order valence-electron chi connectivity index (χ1n) is 7.00. The minimum Gasteiger partial charge on any atom is -0.271 e. The zero-order valence-electron chi connectivity index (χ0n) is 12.2. The van der Waals surface area contributed by atoms with Crippen molar-refractivity contribution in [2.24, 2.45) is 5.84 Å². The van der Waals surface area contributed by atoms with Crippen LogP contribution in [0.25, 0.3) is 0 Å². The number of hydrogen-bond donors (Lipinski definition) is 2. The highest BCUT2D eigenvalue weighted by atomic mass is 79.9. The highest BCUT2D eigenvalue weighted by molar-refractivity contribution is 9.10. The molecular weight excluding hydrogens is 335 g/mol. The molecule has 0 saturated heterocycles. The van der Waals surface area contributed by atoms with Gasteiger partial charge in [-0.25, -0.2) is 4.39 Å².